The van der Waals surface area contributed by atoms with E-state index in [1.807, 2.05) is 0 Å². The summed E-state index contributed by atoms with van der Waals surface area (Å²) in [6.45, 7) is 1.11. The number of ether oxygens (including phenoxy) is 1. The highest BCUT2D eigenvalue weighted by Crippen LogP contribution is 2.29. The molecule has 2 rings (SSSR count). The predicted octanol–water partition coefficient (Wildman–Crippen LogP) is 1.93. The Morgan fingerprint density at radius 1 is 1.27 bits per heavy atom. The Morgan fingerprint density at radius 3 is 2.87 bits per heavy atom. The molecule has 1 saturated heterocycles. The van der Waals surface area contributed by atoms with Gasteiger partial charge in [0, 0.05) is 13.2 Å². The van der Waals surface area contributed by atoms with Crippen molar-refractivity contribution in [3.63, 3.8) is 0 Å². The number of hydrogen-bond donors (Lipinski definition) is 0. The van der Waals surface area contributed by atoms with E-state index < -0.39 is 0 Å². The third-order valence-corrected chi connectivity index (χ3v) is 3.84. The van der Waals surface area contributed by atoms with E-state index in [9.17, 15) is 0 Å². The molecule has 1 aliphatic heterocycles. The van der Waals surface area contributed by atoms with E-state index in [1.165, 1.54) is 25.7 Å². The van der Waals surface area contributed by atoms with Gasteiger partial charge in [0.1, 0.15) is 0 Å². The van der Waals surface area contributed by atoms with E-state index in [2.05, 4.69) is 11.0 Å². The van der Waals surface area contributed by atoms with Gasteiger partial charge in [-0.3, -0.25) is 4.90 Å². The molecule has 0 aromatic rings. The van der Waals surface area contributed by atoms with Crippen molar-refractivity contribution in [1.82, 2.24) is 4.90 Å². The highest BCUT2D eigenvalue weighted by Gasteiger charge is 2.33. The lowest BCUT2D eigenvalue weighted by atomic mass is 9.91. The zero-order valence-corrected chi connectivity index (χ0v) is 9.48. The van der Waals surface area contributed by atoms with Gasteiger partial charge in [-0.15, -0.1) is 0 Å². The third kappa shape index (κ3) is 2.32. The minimum atomic E-state index is 0.172. The predicted molar refractivity (Wildman–Crippen MR) is 58.4 cm³/mol. The van der Waals surface area contributed by atoms with Crippen LogP contribution < -0.4 is 0 Å². The van der Waals surface area contributed by atoms with Crippen molar-refractivity contribution in [3.8, 4) is 6.07 Å². The highest BCUT2D eigenvalue weighted by atomic mass is 16.5. The maximum Gasteiger partial charge on any atom is 0.0980 e. The molecule has 1 aliphatic carbocycles. The average molecular weight is 208 g/mol. The van der Waals surface area contributed by atoms with Crippen LogP contribution in [0.1, 0.15) is 38.5 Å². The molecule has 0 aromatic carbocycles. The molecule has 1 saturated carbocycles. The molecule has 0 amide bonds. The molecule has 2 fully saturated rings. The highest BCUT2D eigenvalue weighted by molar-refractivity contribution is 4.99. The molecule has 0 radical (unpaired) electrons. The molecule has 0 N–H and O–H groups in total. The largest absolute Gasteiger partial charge is 0.381 e. The van der Waals surface area contributed by atoms with Crippen molar-refractivity contribution < 1.29 is 4.74 Å². The molecule has 1 heterocycles. The quantitative estimate of drug-likeness (QED) is 0.695. The Bertz CT molecular complexity index is 248. The summed E-state index contributed by atoms with van der Waals surface area (Å²) in [6.07, 6.45) is 7.48. The van der Waals surface area contributed by atoms with Crippen LogP contribution in [0.4, 0.5) is 0 Å². The second-order valence-corrected chi connectivity index (χ2v) is 4.70. The van der Waals surface area contributed by atoms with Gasteiger partial charge >= 0.3 is 0 Å². The monoisotopic (exact) mass is 208 g/mol. The van der Waals surface area contributed by atoms with E-state index in [0.717, 1.165) is 19.4 Å². The van der Waals surface area contributed by atoms with Crippen LogP contribution in [-0.2, 0) is 4.74 Å². The number of nitriles is 1. The summed E-state index contributed by atoms with van der Waals surface area (Å²) in [7, 11) is 1.80. The normalized spacial score (nSPS) is 37.7. The first kappa shape index (κ1) is 10.9. The Labute approximate surface area is 92.0 Å². The molecule has 3 nitrogen and oxygen atoms in total. The Morgan fingerprint density at radius 2 is 2.13 bits per heavy atom. The lowest BCUT2D eigenvalue weighted by Gasteiger charge is -2.36. The zero-order valence-electron chi connectivity index (χ0n) is 9.48. The van der Waals surface area contributed by atoms with Crippen molar-refractivity contribution in [3.05, 3.63) is 0 Å². The van der Waals surface area contributed by atoms with Crippen molar-refractivity contribution in [1.29, 1.82) is 5.26 Å². The molecule has 2 aliphatic rings. The second kappa shape index (κ2) is 4.96. The number of nitrogens with zero attached hydrogens (tertiary/aromatic N) is 2. The number of hydrogen-bond acceptors (Lipinski definition) is 3. The molecular weight excluding hydrogens is 188 g/mol. The molecule has 3 atom stereocenters. The summed E-state index contributed by atoms with van der Waals surface area (Å²) in [4.78, 5) is 2.41. The maximum absolute atomic E-state index is 9.07. The number of methoxy groups -OCH3 is 1. The average Bonchev–Trinajstić information content (AvgIpc) is 2.77. The summed E-state index contributed by atoms with van der Waals surface area (Å²) >= 11 is 0. The number of likely N-dealkylation sites (tertiary alicyclic amines) is 1. The van der Waals surface area contributed by atoms with Crippen molar-refractivity contribution in [2.45, 2.75) is 56.7 Å². The minimum absolute atomic E-state index is 0.172. The van der Waals surface area contributed by atoms with Gasteiger partial charge in [0.25, 0.3) is 0 Å². The van der Waals surface area contributed by atoms with Crippen LogP contribution in [-0.4, -0.2) is 36.7 Å². The summed E-state index contributed by atoms with van der Waals surface area (Å²) in [5.74, 6) is 0. The van der Waals surface area contributed by atoms with Crippen LogP contribution in [0.15, 0.2) is 0 Å². The van der Waals surface area contributed by atoms with Crippen molar-refractivity contribution in [2.75, 3.05) is 13.7 Å². The molecule has 3 unspecified atom stereocenters. The second-order valence-electron chi connectivity index (χ2n) is 4.70. The first-order valence-electron chi connectivity index (χ1n) is 6.03. The van der Waals surface area contributed by atoms with Gasteiger partial charge < -0.3 is 4.74 Å². The lowest BCUT2D eigenvalue weighted by Crippen LogP contribution is -2.42. The topological polar surface area (TPSA) is 36.3 Å². The van der Waals surface area contributed by atoms with Gasteiger partial charge in [-0.05, 0) is 45.1 Å². The van der Waals surface area contributed by atoms with Crippen LogP contribution in [0, 0.1) is 11.3 Å². The fourth-order valence-corrected chi connectivity index (χ4v) is 3.00. The van der Waals surface area contributed by atoms with Gasteiger partial charge in [0.05, 0.1) is 18.2 Å². The molecule has 0 bridgehead atoms. The van der Waals surface area contributed by atoms with Gasteiger partial charge in [-0.1, -0.05) is 0 Å². The standard InChI is InChI=1S/C12H20N2O/c1-15-12-6-2-4-10(8-12)14-7-3-5-11(14)9-13/h10-12H,2-8H2,1H3. The van der Waals surface area contributed by atoms with Crippen molar-refractivity contribution >= 4 is 0 Å². The minimum Gasteiger partial charge on any atom is -0.381 e. The Hall–Kier alpha value is -0.590. The van der Waals surface area contributed by atoms with Crippen LogP contribution in [0.25, 0.3) is 0 Å². The van der Waals surface area contributed by atoms with E-state index in [4.69, 9.17) is 10.00 Å². The fraction of sp³-hybridized carbons (Fsp3) is 0.917. The van der Waals surface area contributed by atoms with Crippen molar-refractivity contribution in [2.24, 2.45) is 0 Å². The van der Waals surface area contributed by atoms with Crippen LogP contribution in [0.3, 0.4) is 0 Å². The van der Waals surface area contributed by atoms with E-state index in [0.29, 0.717) is 12.1 Å². The van der Waals surface area contributed by atoms with Gasteiger partial charge in [0.2, 0.25) is 0 Å². The summed E-state index contributed by atoms with van der Waals surface area (Å²) in [5, 5.41) is 9.07. The van der Waals surface area contributed by atoms with Gasteiger partial charge in [-0.2, -0.15) is 5.26 Å². The zero-order chi connectivity index (χ0) is 10.7. The lowest BCUT2D eigenvalue weighted by molar-refractivity contribution is 0.0292. The Kier molecular flexibility index (Phi) is 3.61. The Balaban J connectivity index is 1.95. The molecule has 3 heteroatoms. The molecular formula is C12H20N2O. The van der Waals surface area contributed by atoms with E-state index in [1.54, 1.807) is 7.11 Å². The van der Waals surface area contributed by atoms with E-state index in [-0.39, 0.29) is 6.04 Å². The molecule has 84 valence electrons. The summed E-state index contributed by atoms with van der Waals surface area (Å²) in [6, 6.07) is 3.19. The van der Waals surface area contributed by atoms with Crippen LogP contribution in [0.5, 0.6) is 0 Å². The van der Waals surface area contributed by atoms with Crippen LogP contribution >= 0.6 is 0 Å². The SMILES string of the molecule is COC1CCCC(N2CCCC2C#N)C1. The third-order valence-electron chi connectivity index (χ3n) is 3.84. The van der Waals surface area contributed by atoms with Crippen LogP contribution in [0.2, 0.25) is 0 Å². The number of rotatable bonds is 2. The molecule has 15 heavy (non-hydrogen) atoms. The first-order chi connectivity index (χ1) is 7.35. The smallest absolute Gasteiger partial charge is 0.0980 e. The molecule has 0 spiro atoms. The summed E-state index contributed by atoms with van der Waals surface area (Å²) < 4.78 is 5.44. The maximum atomic E-state index is 9.07. The fourth-order valence-electron chi connectivity index (χ4n) is 3.00. The van der Waals surface area contributed by atoms with E-state index >= 15 is 0 Å². The molecule has 0 aromatic heterocycles. The first-order valence-corrected chi connectivity index (χ1v) is 6.03. The summed E-state index contributed by atoms with van der Waals surface area (Å²) in [5.41, 5.74) is 0. The van der Waals surface area contributed by atoms with Gasteiger partial charge in [-0.25, -0.2) is 0 Å². The van der Waals surface area contributed by atoms with Gasteiger partial charge in [0.15, 0.2) is 0 Å².